The zero-order chi connectivity index (χ0) is 21.2. The monoisotopic (exact) mass is 427 g/mol. The van der Waals surface area contributed by atoms with E-state index in [-0.39, 0.29) is 0 Å². The molecule has 3 rings (SSSR count). The third-order valence-electron chi connectivity index (χ3n) is 4.46. The van der Waals surface area contributed by atoms with Crippen LogP contribution >= 0.6 is 11.8 Å². The van der Waals surface area contributed by atoms with Crippen LogP contribution in [-0.4, -0.2) is 39.1 Å². The summed E-state index contributed by atoms with van der Waals surface area (Å²) in [6.45, 7) is 6.91. The van der Waals surface area contributed by atoms with E-state index in [1.54, 1.807) is 16.4 Å². The molecule has 0 aliphatic heterocycles. The van der Waals surface area contributed by atoms with E-state index in [0.29, 0.717) is 13.2 Å². The van der Waals surface area contributed by atoms with E-state index in [1.807, 2.05) is 20.0 Å². The molecule has 1 heterocycles. The molecular formula is C22H29N5O2S. The molecule has 2 aromatic carbocycles. The average Bonchev–Trinajstić information content (AvgIpc) is 3.16. The molecule has 0 fully saturated rings. The van der Waals surface area contributed by atoms with Gasteiger partial charge in [-0.2, -0.15) is 0 Å². The van der Waals surface area contributed by atoms with Gasteiger partial charge in [0.2, 0.25) is 5.16 Å². The molecule has 0 unspecified atom stereocenters. The van der Waals surface area contributed by atoms with Gasteiger partial charge in [0, 0.05) is 19.3 Å². The molecule has 0 amide bonds. The molecule has 1 N–H and O–H groups in total. The number of rotatable bonds is 12. The number of ether oxygens (including phenoxy) is 2. The largest absolute Gasteiger partial charge is 0.490 e. The first-order chi connectivity index (χ1) is 14.7. The Labute approximate surface area is 182 Å². The Bertz CT molecular complexity index is 914. The van der Waals surface area contributed by atoms with Gasteiger partial charge in [0.05, 0.1) is 6.61 Å². The van der Waals surface area contributed by atoms with Gasteiger partial charge in [-0.1, -0.05) is 47.7 Å². The van der Waals surface area contributed by atoms with Gasteiger partial charge in [-0.3, -0.25) is 0 Å². The molecule has 0 aliphatic rings. The molecule has 0 radical (unpaired) electrons. The summed E-state index contributed by atoms with van der Waals surface area (Å²) in [5.41, 5.74) is 3.56. The highest BCUT2D eigenvalue weighted by molar-refractivity contribution is 7.99. The Balaban J connectivity index is 1.45. The molecule has 0 spiro atoms. The van der Waals surface area contributed by atoms with E-state index in [1.165, 1.54) is 11.1 Å². The fraction of sp³-hybridized carbons (Fsp3) is 0.409. The van der Waals surface area contributed by atoms with Crippen LogP contribution in [0.3, 0.4) is 0 Å². The number of aromatic nitrogens is 4. The van der Waals surface area contributed by atoms with Crippen molar-refractivity contribution in [3.8, 4) is 11.5 Å². The molecule has 0 saturated carbocycles. The van der Waals surface area contributed by atoms with E-state index in [9.17, 15) is 0 Å². The third-order valence-corrected chi connectivity index (χ3v) is 5.56. The van der Waals surface area contributed by atoms with Crippen molar-refractivity contribution in [2.75, 3.05) is 18.9 Å². The van der Waals surface area contributed by atoms with Crippen LogP contribution in [-0.2, 0) is 20.2 Å². The molecular weight excluding hydrogens is 398 g/mol. The van der Waals surface area contributed by atoms with Gasteiger partial charge >= 0.3 is 0 Å². The van der Waals surface area contributed by atoms with Crippen LogP contribution in [0.25, 0.3) is 0 Å². The van der Waals surface area contributed by atoms with E-state index in [2.05, 4.69) is 64.2 Å². The van der Waals surface area contributed by atoms with Crippen molar-refractivity contribution in [2.45, 2.75) is 38.6 Å². The fourth-order valence-electron chi connectivity index (χ4n) is 2.83. The Morgan fingerprint density at radius 3 is 2.57 bits per heavy atom. The van der Waals surface area contributed by atoms with E-state index < -0.39 is 0 Å². The van der Waals surface area contributed by atoms with Gasteiger partial charge < -0.3 is 14.8 Å². The lowest BCUT2D eigenvalue weighted by Gasteiger charge is -2.14. The van der Waals surface area contributed by atoms with Crippen LogP contribution in [0.5, 0.6) is 11.5 Å². The third kappa shape index (κ3) is 6.74. The molecule has 0 aliphatic carbocycles. The summed E-state index contributed by atoms with van der Waals surface area (Å²) in [5.74, 6) is 2.53. The predicted molar refractivity (Wildman–Crippen MR) is 119 cm³/mol. The zero-order valence-electron chi connectivity index (χ0n) is 17.8. The quantitative estimate of drug-likeness (QED) is 0.348. The molecule has 7 nitrogen and oxygen atoms in total. The number of nitrogens with zero attached hydrogens (tertiary/aromatic N) is 4. The Morgan fingerprint density at radius 2 is 1.83 bits per heavy atom. The lowest BCUT2D eigenvalue weighted by molar-refractivity contribution is 0.269. The number of hydrogen-bond donors (Lipinski definition) is 1. The number of hydrogen-bond acceptors (Lipinski definition) is 7. The number of thioether (sulfide) groups is 1. The lowest BCUT2D eigenvalue weighted by atomic mass is 10.1. The summed E-state index contributed by atoms with van der Waals surface area (Å²) in [6.07, 6.45) is 1.04. The van der Waals surface area contributed by atoms with E-state index in [4.69, 9.17) is 9.47 Å². The molecule has 0 atom stereocenters. The first-order valence-corrected chi connectivity index (χ1v) is 11.1. The minimum absolute atomic E-state index is 0.524. The standard InChI is InChI=1S/C22H29N5O2S/c1-4-28-21-14-19(15-23-12-5-13-30-22-24-25-26-27(22)3)10-11-20(21)29-16-18-8-6-17(2)7-9-18/h6-11,14,23H,4-5,12-13,15-16H2,1-3H3. The van der Waals surface area contributed by atoms with Gasteiger partial charge in [-0.25, -0.2) is 4.68 Å². The Kier molecular flexibility index (Phi) is 8.53. The van der Waals surface area contributed by atoms with Gasteiger partial charge in [0.1, 0.15) is 6.61 Å². The molecule has 3 aromatic rings. The van der Waals surface area contributed by atoms with Crippen LogP contribution in [0, 0.1) is 6.92 Å². The highest BCUT2D eigenvalue weighted by Crippen LogP contribution is 2.29. The first kappa shape index (κ1) is 22.1. The molecule has 0 saturated heterocycles. The number of aryl methyl sites for hydroxylation is 2. The highest BCUT2D eigenvalue weighted by Gasteiger charge is 2.08. The lowest BCUT2D eigenvalue weighted by Crippen LogP contribution is -2.15. The summed E-state index contributed by atoms with van der Waals surface area (Å²) >= 11 is 1.67. The van der Waals surface area contributed by atoms with E-state index >= 15 is 0 Å². The molecule has 0 bridgehead atoms. The van der Waals surface area contributed by atoms with Crippen LogP contribution in [0.2, 0.25) is 0 Å². The normalized spacial score (nSPS) is 10.9. The topological polar surface area (TPSA) is 74.1 Å². The minimum atomic E-state index is 0.524. The van der Waals surface area contributed by atoms with Crippen molar-refractivity contribution < 1.29 is 9.47 Å². The highest BCUT2D eigenvalue weighted by atomic mass is 32.2. The Morgan fingerprint density at radius 1 is 1.03 bits per heavy atom. The Hall–Kier alpha value is -2.58. The zero-order valence-corrected chi connectivity index (χ0v) is 18.6. The SMILES string of the molecule is CCOc1cc(CNCCCSc2nnnn2C)ccc1OCc1ccc(C)cc1. The van der Waals surface area contributed by atoms with Gasteiger partial charge in [0.25, 0.3) is 0 Å². The number of nitrogens with one attached hydrogen (secondary N) is 1. The van der Waals surface area contributed by atoms with Crippen molar-refractivity contribution in [1.29, 1.82) is 0 Å². The summed E-state index contributed by atoms with van der Waals surface area (Å²) in [6, 6.07) is 14.5. The second kappa shape index (κ2) is 11.6. The number of tetrazole rings is 1. The molecule has 160 valence electrons. The van der Waals surface area contributed by atoms with Crippen molar-refractivity contribution in [2.24, 2.45) is 7.05 Å². The van der Waals surface area contributed by atoms with Crippen molar-refractivity contribution in [3.05, 3.63) is 59.2 Å². The summed E-state index contributed by atoms with van der Waals surface area (Å²) in [7, 11) is 1.85. The van der Waals surface area contributed by atoms with Gasteiger partial charge in [-0.05, 0) is 60.5 Å². The van der Waals surface area contributed by atoms with Gasteiger partial charge in [0.15, 0.2) is 11.5 Å². The van der Waals surface area contributed by atoms with Crippen LogP contribution in [0.1, 0.15) is 30.0 Å². The predicted octanol–water partition coefficient (Wildman–Crippen LogP) is 3.77. The molecule has 30 heavy (non-hydrogen) atoms. The van der Waals surface area contributed by atoms with Crippen molar-refractivity contribution in [1.82, 2.24) is 25.5 Å². The second-order valence-electron chi connectivity index (χ2n) is 6.95. The summed E-state index contributed by atoms with van der Waals surface area (Å²) < 4.78 is 13.5. The van der Waals surface area contributed by atoms with Crippen LogP contribution < -0.4 is 14.8 Å². The summed E-state index contributed by atoms with van der Waals surface area (Å²) in [5, 5.41) is 15.8. The van der Waals surface area contributed by atoms with Crippen LogP contribution in [0.4, 0.5) is 0 Å². The van der Waals surface area contributed by atoms with Gasteiger partial charge in [-0.15, -0.1) is 5.10 Å². The molecule has 8 heteroatoms. The smallest absolute Gasteiger partial charge is 0.209 e. The second-order valence-corrected chi connectivity index (χ2v) is 8.01. The average molecular weight is 428 g/mol. The maximum atomic E-state index is 6.01. The van der Waals surface area contributed by atoms with Crippen molar-refractivity contribution >= 4 is 11.8 Å². The maximum absolute atomic E-state index is 6.01. The van der Waals surface area contributed by atoms with E-state index in [0.717, 1.165) is 47.5 Å². The number of benzene rings is 2. The minimum Gasteiger partial charge on any atom is -0.490 e. The van der Waals surface area contributed by atoms with Crippen molar-refractivity contribution in [3.63, 3.8) is 0 Å². The fourth-order valence-corrected chi connectivity index (χ4v) is 3.62. The molecule has 1 aromatic heterocycles. The first-order valence-electron chi connectivity index (χ1n) is 10.2. The van der Waals surface area contributed by atoms with Crippen LogP contribution in [0.15, 0.2) is 47.6 Å². The summed E-state index contributed by atoms with van der Waals surface area (Å²) in [4.78, 5) is 0. The maximum Gasteiger partial charge on any atom is 0.209 e.